The third-order valence-corrected chi connectivity index (χ3v) is 4.81. The molecule has 0 radical (unpaired) electrons. The first kappa shape index (κ1) is 20.4. The molecule has 0 aliphatic carbocycles. The molecule has 0 saturated carbocycles. The second-order valence-corrected chi connectivity index (χ2v) is 7.38. The number of H-pyrrole nitrogens is 1. The number of anilines is 2. The number of methoxy groups -OCH3 is 1. The van der Waals surface area contributed by atoms with Crippen molar-refractivity contribution in [1.82, 2.24) is 9.55 Å². The van der Waals surface area contributed by atoms with Crippen LogP contribution < -0.4 is 26.6 Å². The van der Waals surface area contributed by atoms with Crippen LogP contribution in [0.25, 0.3) is 0 Å². The van der Waals surface area contributed by atoms with Crippen LogP contribution in [-0.2, 0) is 16.1 Å². The van der Waals surface area contributed by atoms with Gasteiger partial charge in [0.1, 0.15) is 11.6 Å². The molecule has 2 aromatic rings. The molecule has 0 spiro atoms. The fourth-order valence-electron chi connectivity index (χ4n) is 3.27. The summed E-state index contributed by atoms with van der Waals surface area (Å²) >= 11 is 0. The average Bonchev–Trinajstić information content (AvgIpc) is 2.66. The lowest BCUT2D eigenvalue weighted by molar-refractivity contribution is -0.123. The maximum Gasteiger partial charge on any atom is 0.329 e. The molecule has 3 N–H and O–H groups in total. The third-order valence-electron chi connectivity index (χ3n) is 4.81. The molecular weight excluding hydrogens is 376 g/mol. The molecule has 9 heteroatoms. The largest absolute Gasteiger partial charge is 0.497 e. The monoisotopic (exact) mass is 400 g/mol. The van der Waals surface area contributed by atoms with Crippen molar-refractivity contribution in [3.05, 3.63) is 50.7 Å². The van der Waals surface area contributed by atoms with E-state index in [9.17, 15) is 19.2 Å². The zero-order chi connectivity index (χ0) is 21.1. The van der Waals surface area contributed by atoms with E-state index in [1.165, 1.54) is 11.7 Å². The van der Waals surface area contributed by atoms with Crippen molar-refractivity contribution in [2.75, 3.05) is 17.7 Å². The smallest absolute Gasteiger partial charge is 0.329 e. The Morgan fingerprint density at radius 2 is 2.07 bits per heavy atom. The van der Waals surface area contributed by atoms with E-state index in [-0.39, 0.29) is 17.8 Å². The van der Waals surface area contributed by atoms with Crippen LogP contribution in [0.1, 0.15) is 38.2 Å². The predicted octanol–water partition coefficient (Wildman–Crippen LogP) is 1.66. The number of aromatic amines is 1. The van der Waals surface area contributed by atoms with Crippen LogP contribution in [0.2, 0.25) is 0 Å². The molecule has 0 unspecified atom stereocenters. The van der Waals surface area contributed by atoms with E-state index in [2.05, 4.69) is 15.6 Å². The van der Waals surface area contributed by atoms with Gasteiger partial charge in [-0.3, -0.25) is 23.9 Å². The number of amides is 2. The standard InChI is InChI=1S/C20H24N4O5/c1-11(2)7-8-24-17-16(19(27)23-20(24)28)14(10-15(25)22-17)18(26)21-12-5-4-6-13(9-12)29-3/h4-6,9,11,14H,7-8,10H2,1-3H3,(H,21,26)(H,22,25)(H,23,27,28)/t14-/m0/s1. The second kappa shape index (κ2) is 8.34. The highest BCUT2D eigenvalue weighted by molar-refractivity contribution is 6.04. The van der Waals surface area contributed by atoms with Gasteiger partial charge in [-0.05, 0) is 24.5 Å². The Morgan fingerprint density at radius 1 is 1.31 bits per heavy atom. The fraction of sp³-hybridized carbons (Fsp3) is 0.400. The van der Waals surface area contributed by atoms with Gasteiger partial charge in [0.25, 0.3) is 5.56 Å². The molecular formula is C20H24N4O5. The Kier molecular flexibility index (Phi) is 5.86. The first-order valence-electron chi connectivity index (χ1n) is 9.42. The number of aromatic nitrogens is 2. The van der Waals surface area contributed by atoms with E-state index in [0.29, 0.717) is 30.3 Å². The van der Waals surface area contributed by atoms with Crippen LogP contribution in [0, 0.1) is 5.92 Å². The number of nitrogens with zero attached hydrogens (tertiary/aromatic N) is 1. The lowest BCUT2D eigenvalue weighted by atomic mass is 9.92. The Morgan fingerprint density at radius 3 is 2.76 bits per heavy atom. The molecule has 0 bridgehead atoms. The number of carbonyl (C=O) groups excluding carboxylic acids is 2. The SMILES string of the molecule is COc1cccc(NC(=O)[C@H]2CC(=O)Nc3c2c(=O)[nH]c(=O)n3CCC(C)C)c1. The van der Waals surface area contributed by atoms with Gasteiger partial charge in [-0.25, -0.2) is 4.79 Å². The summed E-state index contributed by atoms with van der Waals surface area (Å²) < 4.78 is 6.46. The van der Waals surface area contributed by atoms with Crippen molar-refractivity contribution in [3.8, 4) is 5.75 Å². The molecule has 154 valence electrons. The predicted molar refractivity (Wildman–Crippen MR) is 108 cm³/mol. The van der Waals surface area contributed by atoms with Crippen molar-refractivity contribution in [2.45, 2.75) is 39.2 Å². The van der Waals surface area contributed by atoms with Crippen LogP contribution in [0.3, 0.4) is 0 Å². The lowest BCUT2D eigenvalue weighted by Crippen LogP contribution is -2.42. The molecule has 1 aromatic heterocycles. The van der Waals surface area contributed by atoms with E-state index in [4.69, 9.17) is 4.74 Å². The lowest BCUT2D eigenvalue weighted by Gasteiger charge is -2.26. The van der Waals surface area contributed by atoms with Crippen LogP contribution in [0.4, 0.5) is 11.5 Å². The van der Waals surface area contributed by atoms with E-state index in [0.717, 1.165) is 0 Å². The van der Waals surface area contributed by atoms with Gasteiger partial charge < -0.3 is 15.4 Å². The van der Waals surface area contributed by atoms with Gasteiger partial charge in [0.05, 0.1) is 18.6 Å². The summed E-state index contributed by atoms with van der Waals surface area (Å²) in [6, 6.07) is 6.76. The second-order valence-electron chi connectivity index (χ2n) is 7.38. The summed E-state index contributed by atoms with van der Waals surface area (Å²) in [5, 5.41) is 5.33. The number of rotatable bonds is 6. The maximum atomic E-state index is 12.9. The molecule has 9 nitrogen and oxygen atoms in total. The average molecular weight is 400 g/mol. The van der Waals surface area contributed by atoms with Gasteiger partial charge in [-0.2, -0.15) is 0 Å². The first-order valence-corrected chi connectivity index (χ1v) is 9.42. The summed E-state index contributed by atoms with van der Waals surface area (Å²) in [5.74, 6) is -0.970. The zero-order valence-corrected chi connectivity index (χ0v) is 16.6. The Bertz CT molecular complexity index is 1050. The van der Waals surface area contributed by atoms with E-state index in [1.807, 2.05) is 13.8 Å². The molecule has 0 saturated heterocycles. The summed E-state index contributed by atoms with van der Waals surface area (Å²) in [6.45, 7) is 4.33. The number of fused-ring (bicyclic) bond motifs is 1. The van der Waals surface area contributed by atoms with Gasteiger partial charge in [0.15, 0.2) is 0 Å². The van der Waals surface area contributed by atoms with E-state index in [1.54, 1.807) is 24.3 Å². The Balaban J connectivity index is 1.99. The highest BCUT2D eigenvalue weighted by atomic mass is 16.5. The molecule has 1 atom stereocenters. The van der Waals surface area contributed by atoms with Crippen molar-refractivity contribution >= 4 is 23.3 Å². The minimum atomic E-state index is -1.01. The van der Waals surface area contributed by atoms with Crippen LogP contribution in [0.15, 0.2) is 33.9 Å². The highest BCUT2D eigenvalue weighted by Gasteiger charge is 2.35. The number of nitrogens with one attached hydrogen (secondary N) is 3. The summed E-state index contributed by atoms with van der Waals surface area (Å²) in [6.07, 6.45) is 0.489. The summed E-state index contributed by atoms with van der Waals surface area (Å²) in [5.41, 5.74) is -0.708. The molecule has 3 rings (SSSR count). The maximum absolute atomic E-state index is 12.9. The van der Waals surface area contributed by atoms with E-state index >= 15 is 0 Å². The fourth-order valence-corrected chi connectivity index (χ4v) is 3.27. The molecule has 2 amide bonds. The minimum absolute atomic E-state index is 0.0911. The van der Waals surface area contributed by atoms with Gasteiger partial charge >= 0.3 is 5.69 Å². The number of ether oxygens (including phenoxy) is 1. The minimum Gasteiger partial charge on any atom is -0.497 e. The van der Waals surface area contributed by atoms with Crippen LogP contribution >= 0.6 is 0 Å². The molecule has 1 aromatic carbocycles. The van der Waals surface area contributed by atoms with E-state index < -0.39 is 29.0 Å². The number of carbonyl (C=O) groups is 2. The molecule has 2 heterocycles. The van der Waals surface area contributed by atoms with Gasteiger partial charge in [0, 0.05) is 24.7 Å². The number of hydrogen-bond acceptors (Lipinski definition) is 5. The summed E-state index contributed by atoms with van der Waals surface area (Å²) in [7, 11) is 1.51. The van der Waals surface area contributed by atoms with Crippen LogP contribution in [0.5, 0.6) is 5.75 Å². The number of benzene rings is 1. The topological polar surface area (TPSA) is 122 Å². The van der Waals surface area contributed by atoms with Crippen molar-refractivity contribution in [1.29, 1.82) is 0 Å². The first-order chi connectivity index (χ1) is 13.8. The molecule has 1 aliphatic rings. The highest BCUT2D eigenvalue weighted by Crippen LogP contribution is 2.30. The van der Waals surface area contributed by atoms with Crippen molar-refractivity contribution < 1.29 is 14.3 Å². The Hall–Kier alpha value is -3.36. The van der Waals surface area contributed by atoms with Crippen molar-refractivity contribution in [2.24, 2.45) is 5.92 Å². The van der Waals surface area contributed by atoms with Gasteiger partial charge in [-0.1, -0.05) is 19.9 Å². The van der Waals surface area contributed by atoms with Gasteiger partial charge in [0.2, 0.25) is 11.8 Å². The third kappa shape index (κ3) is 4.39. The molecule has 29 heavy (non-hydrogen) atoms. The van der Waals surface area contributed by atoms with Crippen molar-refractivity contribution in [3.63, 3.8) is 0 Å². The quantitative estimate of drug-likeness (QED) is 0.681. The zero-order valence-electron chi connectivity index (χ0n) is 16.6. The number of hydrogen-bond donors (Lipinski definition) is 3. The molecule has 0 fully saturated rings. The summed E-state index contributed by atoms with van der Waals surface area (Å²) in [4.78, 5) is 52.3. The molecule has 1 aliphatic heterocycles. The Labute approximate surface area is 167 Å². The normalized spacial score (nSPS) is 15.6. The van der Waals surface area contributed by atoms with Crippen LogP contribution in [-0.4, -0.2) is 28.5 Å². The van der Waals surface area contributed by atoms with Gasteiger partial charge in [-0.15, -0.1) is 0 Å².